The number of anilines is 1. The van der Waals surface area contributed by atoms with Crippen molar-refractivity contribution in [1.82, 2.24) is 9.88 Å². The smallest absolute Gasteiger partial charge is 0.321 e. The molecule has 2 aromatic rings. The van der Waals surface area contributed by atoms with Gasteiger partial charge in [-0.1, -0.05) is 6.92 Å². The molecule has 2 N–H and O–H groups in total. The molecule has 1 aliphatic rings. The minimum absolute atomic E-state index is 0.128. The zero-order valence-electron chi connectivity index (χ0n) is 12.7. The van der Waals surface area contributed by atoms with Crippen LogP contribution < -0.4 is 5.32 Å². The molecule has 3 rings (SSSR count). The molecule has 22 heavy (non-hydrogen) atoms. The molecule has 0 spiro atoms. The minimum Gasteiger partial charge on any atom is -0.441 e. The maximum Gasteiger partial charge on any atom is 0.321 e. The Bertz CT molecular complexity index is 668. The number of rotatable bonds is 3. The summed E-state index contributed by atoms with van der Waals surface area (Å²) in [5, 5.41) is 12.1. The largest absolute Gasteiger partial charge is 0.441 e. The van der Waals surface area contributed by atoms with Crippen molar-refractivity contribution in [2.24, 2.45) is 5.92 Å². The second kappa shape index (κ2) is 6.36. The fourth-order valence-corrected chi connectivity index (χ4v) is 2.81. The van der Waals surface area contributed by atoms with Gasteiger partial charge < -0.3 is 19.7 Å². The van der Waals surface area contributed by atoms with Gasteiger partial charge >= 0.3 is 6.03 Å². The number of hydrogen-bond acceptors (Lipinski definition) is 4. The summed E-state index contributed by atoms with van der Waals surface area (Å²) in [6.07, 6.45) is 2.65. The number of nitrogens with zero attached hydrogens (tertiary/aromatic N) is 2. The predicted octanol–water partition coefficient (Wildman–Crippen LogP) is 2.63. The Labute approximate surface area is 129 Å². The lowest BCUT2D eigenvalue weighted by Crippen LogP contribution is -2.43. The number of carbonyl (C=O) groups excluding carboxylic acids is 1. The van der Waals surface area contributed by atoms with Gasteiger partial charge in [0.05, 0.1) is 0 Å². The van der Waals surface area contributed by atoms with Crippen LogP contribution in [0.1, 0.15) is 25.7 Å². The highest BCUT2D eigenvalue weighted by molar-refractivity contribution is 5.91. The van der Waals surface area contributed by atoms with E-state index in [2.05, 4.69) is 10.3 Å². The summed E-state index contributed by atoms with van der Waals surface area (Å²) in [5.74, 6) is 0.880. The fourth-order valence-electron chi connectivity index (χ4n) is 2.81. The van der Waals surface area contributed by atoms with E-state index in [0.717, 1.165) is 36.9 Å². The molecular weight excluding hydrogens is 282 g/mol. The maximum atomic E-state index is 12.3. The van der Waals surface area contributed by atoms with E-state index in [0.29, 0.717) is 18.1 Å². The molecule has 1 aliphatic heterocycles. The topological polar surface area (TPSA) is 78.6 Å². The number of fused-ring (bicyclic) bond motifs is 1. The number of aryl methyl sites for hydroxylation is 1. The summed E-state index contributed by atoms with van der Waals surface area (Å²) in [5.41, 5.74) is 2.19. The number of nitrogens with one attached hydrogen (secondary N) is 1. The van der Waals surface area contributed by atoms with Crippen LogP contribution in [0.2, 0.25) is 0 Å². The van der Waals surface area contributed by atoms with Gasteiger partial charge in [-0.25, -0.2) is 9.78 Å². The summed E-state index contributed by atoms with van der Waals surface area (Å²) >= 11 is 0. The zero-order chi connectivity index (χ0) is 15.5. The van der Waals surface area contributed by atoms with Crippen LogP contribution in [0.3, 0.4) is 0 Å². The van der Waals surface area contributed by atoms with Crippen molar-refractivity contribution in [3.05, 3.63) is 24.1 Å². The van der Waals surface area contributed by atoms with E-state index in [9.17, 15) is 9.90 Å². The zero-order valence-corrected chi connectivity index (χ0v) is 12.7. The van der Waals surface area contributed by atoms with E-state index >= 15 is 0 Å². The Morgan fingerprint density at radius 3 is 3.18 bits per heavy atom. The van der Waals surface area contributed by atoms with Gasteiger partial charge in [0, 0.05) is 31.8 Å². The Kier molecular flexibility index (Phi) is 4.29. The quantitative estimate of drug-likeness (QED) is 0.913. The summed E-state index contributed by atoms with van der Waals surface area (Å²) in [6.45, 7) is 3.46. The van der Waals surface area contributed by atoms with Crippen LogP contribution in [0.25, 0.3) is 11.1 Å². The second-order valence-electron chi connectivity index (χ2n) is 5.71. The third-order valence-corrected chi connectivity index (χ3v) is 4.05. The monoisotopic (exact) mass is 303 g/mol. The third kappa shape index (κ3) is 3.06. The standard InChI is InChI=1S/C16H21N3O3/c1-2-15-18-13-8-12(5-6-14(13)22-15)17-16(21)19-7-3-4-11(9-19)10-20/h5-6,8,11,20H,2-4,7,9-10H2,1H3,(H,17,21)/t11-/m1/s1. The maximum absolute atomic E-state index is 12.3. The van der Waals surface area contributed by atoms with Gasteiger partial charge in [0.15, 0.2) is 11.5 Å². The molecule has 1 aromatic heterocycles. The molecule has 1 saturated heterocycles. The molecule has 1 aromatic carbocycles. The molecule has 0 saturated carbocycles. The van der Waals surface area contributed by atoms with Gasteiger partial charge in [-0.15, -0.1) is 0 Å². The Balaban J connectivity index is 1.70. The number of urea groups is 1. The summed E-state index contributed by atoms with van der Waals surface area (Å²) in [4.78, 5) is 18.4. The van der Waals surface area contributed by atoms with Gasteiger partial charge in [0.2, 0.25) is 0 Å². The number of oxazole rings is 1. The molecule has 0 bridgehead atoms. The number of aliphatic hydroxyl groups excluding tert-OH is 1. The molecule has 1 fully saturated rings. The number of aromatic nitrogens is 1. The molecule has 1 atom stereocenters. The van der Waals surface area contributed by atoms with Crippen molar-refractivity contribution in [3.63, 3.8) is 0 Å². The van der Waals surface area contributed by atoms with Gasteiger partial charge in [0.1, 0.15) is 5.52 Å². The molecule has 0 radical (unpaired) electrons. The number of benzene rings is 1. The van der Waals surface area contributed by atoms with Crippen molar-refractivity contribution >= 4 is 22.8 Å². The van der Waals surface area contributed by atoms with Crippen LogP contribution >= 0.6 is 0 Å². The number of hydrogen-bond donors (Lipinski definition) is 2. The second-order valence-corrected chi connectivity index (χ2v) is 5.71. The van der Waals surface area contributed by atoms with E-state index in [-0.39, 0.29) is 18.6 Å². The van der Waals surface area contributed by atoms with E-state index in [1.807, 2.05) is 25.1 Å². The Hall–Kier alpha value is -2.08. The van der Waals surface area contributed by atoms with Crippen LogP contribution in [0.4, 0.5) is 10.5 Å². The minimum atomic E-state index is -0.128. The highest BCUT2D eigenvalue weighted by Crippen LogP contribution is 2.21. The Morgan fingerprint density at radius 1 is 1.55 bits per heavy atom. The lowest BCUT2D eigenvalue weighted by atomic mass is 9.99. The third-order valence-electron chi connectivity index (χ3n) is 4.05. The first kappa shape index (κ1) is 14.8. The summed E-state index contributed by atoms with van der Waals surface area (Å²) in [7, 11) is 0. The van der Waals surface area contributed by atoms with Gasteiger partial charge in [-0.05, 0) is 37.0 Å². The highest BCUT2D eigenvalue weighted by atomic mass is 16.3. The number of piperidine rings is 1. The average molecular weight is 303 g/mol. The number of amides is 2. The van der Waals surface area contributed by atoms with Gasteiger partial charge in [0.25, 0.3) is 0 Å². The normalized spacial score (nSPS) is 18.6. The van der Waals surface area contributed by atoms with E-state index < -0.39 is 0 Å². The molecule has 118 valence electrons. The van der Waals surface area contributed by atoms with Crippen molar-refractivity contribution in [3.8, 4) is 0 Å². The van der Waals surface area contributed by atoms with E-state index in [4.69, 9.17) is 4.42 Å². The molecule has 6 heteroatoms. The van der Waals surface area contributed by atoms with Gasteiger partial charge in [-0.3, -0.25) is 0 Å². The van der Waals surface area contributed by atoms with Crippen LogP contribution in [0.15, 0.2) is 22.6 Å². The van der Waals surface area contributed by atoms with Crippen LogP contribution in [0, 0.1) is 5.92 Å². The molecule has 2 heterocycles. The molecular formula is C16H21N3O3. The van der Waals surface area contributed by atoms with Crippen LogP contribution in [-0.2, 0) is 6.42 Å². The first-order valence-corrected chi connectivity index (χ1v) is 7.76. The molecule has 6 nitrogen and oxygen atoms in total. The van der Waals surface area contributed by atoms with Crippen molar-refractivity contribution in [2.45, 2.75) is 26.2 Å². The van der Waals surface area contributed by atoms with E-state index in [1.54, 1.807) is 4.90 Å². The first-order valence-electron chi connectivity index (χ1n) is 7.76. The lowest BCUT2D eigenvalue weighted by molar-refractivity contribution is 0.136. The predicted molar refractivity (Wildman–Crippen MR) is 83.8 cm³/mol. The molecule has 2 amide bonds. The molecule has 0 aliphatic carbocycles. The Morgan fingerprint density at radius 2 is 2.41 bits per heavy atom. The summed E-state index contributed by atoms with van der Waals surface area (Å²) in [6, 6.07) is 5.34. The number of aliphatic hydroxyl groups is 1. The number of carbonyl (C=O) groups is 1. The van der Waals surface area contributed by atoms with Crippen LogP contribution in [0.5, 0.6) is 0 Å². The fraction of sp³-hybridized carbons (Fsp3) is 0.500. The lowest BCUT2D eigenvalue weighted by Gasteiger charge is -2.31. The summed E-state index contributed by atoms with van der Waals surface area (Å²) < 4.78 is 5.56. The first-order chi connectivity index (χ1) is 10.7. The van der Waals surface area contributed by atoms with Crippen molar-refractivity contribution < 1.29 is 14.3 Å². The van der Waals surface area contributed by atoms with Crippen molar-refractivity contribution in [1.29, 1.82) is 0 Å². The highest BCUT2D eigenvalue weighted by Gasteiger charge is 2.23. The number of likely N-dealkylation sites (tertiary alicyclic amines) is 1. The molecule has 0 unspecified atom stereocenters. The van der Waals surface area contributed by atoms with E-state index in [1.165, 1.54) is 0 Å². The van der Waals surface area contributed by atoms with Crippen molar-refractivity contribution in [2.75, 3.05) is 25.0 Å². The SMILES string of the molecule is CCc1nc2cc(NC(=O)N3CCC[C@@H](CO)C3)ccc2o1. The van der Waals surface area contributed by atoms with Gasteiger partial charge in [-0.2, -0.15) is 0 Å². The van der Waals surface area contributed by atoms with Crippen LogP contribution in [-0.4, -0.2) is 40.7 Å². The average Bonchev–Trinajstić information content (AvgIpc) is 2.97.